The van der Waals surface area contributed by atoms with Crippen molar-refractivity contribution in [2.24, 2.45) is 0 Å². The summed E-state index contributed by atoms with van der Waals surface area (Å²) >= 11 is 0. The van der Waals surface area contributed by atoms with Gasteiger partial charge in [-0.25, -0.2) is 4.98 Å². The molecule has 0 bridgehead atoms. The molecule has 0 fully saturated rings. The van der Waals surface area contributed by atoms with Crippen LogP contribution in [-0.2, 0) is 0 Å². The Bertz CT molecular complexity index is 2670. The van der Waals surface area contributed by atoms with Crippen molar-refractivity contribution in [3.63, 3.8) is 0 Å². The zero-order valence-corrected chi connectivity index (χ0v) is 22.6. The number of aromatic nitrogens is 3. The molecule has 4 heterocycles. The maximum atomic E-state index is 5.30. The minimum Gasteiger partial charge on any atom is -0.308 e. The standard InChI is InChI=1S/C39H23N3/c1-2-11-24(12-3-1)30-23-36(40-31-17-7-4-13-25(30)31)41-34-20-10-16-28-26-14-5-8-18-32(26)42-33-19-9-6-15-27(33)29-21-22-35(41)38(37(28)34)39(29)42/h1-23H. The molecule has 0 radical (unpaired) electrons. The van der Waals surface area contributed by atoms with Gasteiger partial charge in [0.1, 0.15) is 5.82 Å². The molecule has 4 aromatic heterocycles. The summed E-state index contributed by atoms with van der Waals surface area (Å²) in [5.41, 5.74) is 9.44. The fourth-order valence-electron chi connectivity index (χ4n) is 7.35. The van der Waals surface area contributed by atoms with Crippen LogP contribution in [0.15, 0.2) is 140 Å². The fourth-order valence-corrected chi connectivity index (χ4v) is 7.35. The summed E-state index contributed by atoms with van der Waals surface area (Å²) in [7, 11) is 0. The van der Waals surface area contributed by atoms with Gasteiger partial charge in [-0.2, -0.15) is 0 Å². The fraction of sp³-hybridized carbons (Fsp3) is 0. The van der Waals surface area contributed by atoms with Gasteiger partial charge in [-0.05, 0) is 52.9 Å². The summed E-state index contributed by atoms with van der Waals surface area (Å²) in [6.07, 6.45) is 0. The van der Waals surface area contributed by atoms with E-state index in [1.807, 2.05) is 0 Å². The molecule has 10 aromatic rings. The number of hydrogen-bond donors (Lipinski definition) is 0. The lowest BCUT2D eigenvalue weighted by molar-refractivity contribution is 1.10. The van der Waals surface area contributed by atoms with Crippen molar-refractivity contribution >= 4 is 70.8 Å². The van der Waals surface area contributed by atoms with Crippen molar-refractivity contribution in [1.29, 1.82) is 0 Å². The first-order valence-electron chi connectivity index (χ1n) is 14.4. The van der Waals surface area contributed by atoms with E-state index in [9.17, 15) is 0 Å². The van der Waals surface area contributed by atoms with Crippen molar-refractivity contribution in [1.82, 2.24) is 14.0 Å². The van der Waals surface area contributed by atoms with E-state index >= 15 is 0 Å². The number of benzene rings is 6. The molecule has 0 atom stereocenters. The molecule has 3 heteroatoms. The first kappa shape index (κ1) is 22.1. The van der Waals surface area contributed by atoms with Crippen molar-refractivity contribution in [2.75, 3.05) is 0 Å². The van der Waals surface area contributed by atoms with E-state index in [1.165, 1.54) is 71.0 Å². The Labute approximate surface area is 240 Å². The average Bonchev–Trinajstić information content (AvgIpc) is 3.53. The Morgan fingerprint density at radius 1 is 0.429 bits per heavy atom. The summed E-state index contributed by atoms with van der Waals surface area (Å²) in [5.74, 6) is 0.931. The number of rotatable bonds is 2. The second kappa shape index (κ2) is 7.96. The molecule has 0 aliphatic heterocycles. The molecular formula is C39H23N3. The molecule has 0 saturated carbocycles. The maximum absolute atomic E-state index is 5.30. The molecule has 0 N–H and O–H groups in total. The van der Waals surface area contributed by atoms with Crippen LogP contribution in [0.1, 0.15) is 0 Å². The van der Waals surface area contributed by atoms with Crippen LogP contribution in [0, 0.1) is 0 Å². The molecule has 0 aliphatic carbocycles. The lowest BCUT2D eigenvalue weighted by Gasteiger charge is -2.13. The molecule has 194 valence electrons. The van der Waals surface area contributed by atoms with E-state index < -0.39 is 0 Å². The minimum absolute atomic E-state index is 0.931. The van der Waals surface area contributed by atoms with E-state index in [4.69, 9.17) is 4.98 Å². The van der Waals surface area contributed by atoms with Gasteiger partial charge in [0.05, 0.1) is 33.1 Å². The lowest BCUT2D eigenvalue weighted by atomic mass is 10.0. The third kappa shape index (κ3) is 2.72. The number of nitrogens with zero attached hydrogens (tertiary/aromatic N) is 3. The lowest BCUT2D eigenvalue weighted by Crippen LogP contribution is -1.99. The number of pyridine rings is 1. The first-order valence-corrected chi connectivity index (χ1v) is 14.4. The molecule has 0 amide bonds. The predicted molar refractivity (Wildman–Crippen MR) is 176 cm³/mol. The quantitative estimate of drug-likeness (QED) is 0.217. The average molecular weight is 534 g/mol. The van der Waals surface area contributed by atoms with Crippen molar-refractivity contribution < 1.29 is 0 Å². The van der Waals surface area contributed by atoms with Crippen LogP contribution < -0.4 is 0 Å². The molecule has 0 unspecified atom stereocenters. The second-order valence-electron chi connectivity index (χ2n) is 11.2. The molecule has 6 aromatic carbocycles. The monoisotopic (exact) mass is 533 g/mol. The Kier molecular flexibility index (Phi) is 4.18. The maximum Gasteiger partial charge on any atom is 0.138 e. The highest BCUT2D eigenvalue weighted by atomic mass is 15.1. The molecule has 3 nitrogen and oxygen atoms in total. The van der Waals surface area contributed by atoms with Gasteiger partial charge in [-0.3, -0.25) is 4.57 Å². The Hall–Kier alpha value is -5.67. The SMILES string of the molecule is c1ccc(-c2cc(-n3c4cccc5c6ccccc6n6c7ccccc7c7ccc3c(c54)c76)nc3ccccc23)cc1. The van der Waals surface area contributed by atoms with Gasteiger partial charge in [0.2, 0.25) is 0 Å². The third-order valence-corrected chi connectivity index (χ3v) is 9.04. The van der Waals surface area contributed by atoms with E-state index in [-0.39, 0.29) is 0 Å². The Morgan fingerprint density at radius 2 is 1.05 bits per heavy atom. The van der Waals surface area contributed by atoms with Crippen LogP contribution >= 0.6 is 0 Å². The molecule has 10 rings (SSSR count). The summed E-state index contributed by atoms with van der Waals surface area (Å²) in [6, 6.07) is 50.4. The summed E-state index contributed by atoms with van der Waals surface area (Å²) < 4.78 is 4.86. The third-order valence-electron chi connectivity index (χ3n) is 9.04. The van der Waals surface area contributed by atoms with Crippen molar-refractivity contribution in [3.05, 3.63) is 140 Å². The van der Waals surface area contributed by atoms with Crippen molar-refractivity contribution in [3.8, 4) is 16.9 Å². The topological polar surface area (TPSA) is 22.2 Å². The van der Waals surface area contributed by atoms with Crippen LogP contribution in [0.4, 0.5) is 0 Å². The molecule has 0 spiro atoms. The zero-order valence-electron chi connectivity index (χ0n) is 22.6. The highest BCUT2D eigenvalue weighted by Gasteiger charge is 2.23. The van der Waals surface area contributed by atoms with E-state index in [2.05, 4.69) is 148 Å². The van der Waals surface area contributed by atoms with Gasteiger partial charge in [-0.15, -0.1) is 0 Å². The molecule has 0 aliphatic rings. The Balaban J connectivity index is 1.46. The number of para-hydroxylation sites is 3. The van der Waals surface area contributed by atoms with Gasteiger partial charge in [0.25, 0.3) is 0 Å². The van der Waals surface area contributed by atoms with E-state index in [1.54, 1.807) is 0 Å². The van der Waals surface area contributed by atoms with Crippen LogP contribution in [-0.4, -0.2) is 14.0 Å². The smallest absolute Gasteiger partial charge is 0.138 e. The summed E-state index contributed by atoms with van der Waals surface area (Å²) in [5, 5.41) is 8.78. The first-order chi connectivity index (χ1) is 20.9. The predicted octanol–water partition coefficient (Wildman–Crippen LogP) is 10.1. The van der Waals surface area contributed by atoms with Gasteiger partial charge < -0.3 is 4.40 Å². The minimum atomic E-state index is 0.931. The molecular weight excluding hydrogens is 510 g/mol. The van der Waals surface area contributed by atoms with Crippen LogP contribution in [0.2, 0.25) is 0 Å². The zero-order chi connectivity index (χ0) is 27.4. The largest absolute Gasteiger partial charge is 0.308 e. The number of fused-ring (bicyclic) bond motifs is 7. The van der Waals surface area contributed by atoms with E-state index in [0.29, 0.717) is 0 Å². The molecule has 42 heavy (non-hydrogen) atoms. The van der Waals surface area contributed by atoms with E-state index in [0.717, 1.165) is 16.7 Å². The highest BCUT2D eigenvalue weighted by molar-refractivity contribution is 6.33. The van der Waals surface area contributed by atoms with Crippen LogP contribution in [0.5, 0.6) is 0 Å². The summed E-state index contributed by atoms with van der Waals surface area (Å²) in [6.45, 7) is 0. The van der Waals surface area contributed by atoms with Gasteiger partial charge in [0, 0.05) is 32.3 Å². The van der Waals surface area contributed by atoms with Crippen LogP contribution in [0.3, 0.4) is 0 Å². The Morgan fingerprint density at radius 3 is 1.86 bits per heavy atom. The number of hydrogen-bond acceptors (Lipinski definition) is 1. The normalized spacial score (nSPS) is 12.3. The van der Waals surface area contributed by atoms with Crippen molar-refractivity contribution in [2.45, 2.75) is 0 Å². The van der Waals surface area contributed by atoms with Crippen LogP contribution in [0.25, 0.3) is 87.7 Å². The molecule has 0 saturated heterocycles. The van der Waals surface area contributed by atoms with Gasteiger partial charge in [-0.1, -0.05) is 103 Å². The van der Waals surface area contributed by atoms with Gasteiger partial charge >= 0.3 is 0 Å². The second-order valence-corrected chi connectivity index (χ2v) is 11.2. The summed E-state index contributed by atoms with van der Waals surface area (Å²) in [4.78, 5) is 5.30. The van der Waals surface area contributed by atoms with Gasteiger partial charge in [0.15, 0.2) is 0 Å². The highest BCUT2D eigenvalue weighted by Crippen LogP contribution is 2.45.